The van der Waals surface area contributed by atoms with Gasteiger partial charge in [0, 0.05) is 12.5 Å². The molecule has 0 radical (unpaired) electrons. The summed E-state index contributed by atoms with van der Waals surface area (Å²) < 4.78 is 0. The van der Waals surface area contributed by atoms with Crippen LogP contribution in [0.25, 0.3) is 10.8 Å². The molecule has 0 aliphatic carbocycles. The summed E-state index contributed by atoms with van der Waals surface area (Å²) in [7, 11) is 0. The highest BCUT2D eigenvalue weighted by atomic mass is 35.5. The number of amides is 1. The maximum Gasteiger partial charge on any atom is 0.223 e. The molecule has 0 fully saturated rings. The zero-order valence-corrected chi connectivity index (χ0v) is 14.2. The number of rotatable bonds is 5. The zero-order chi connectivity index (χ0) is 15.4. The predicted octanol–water partition coefficient (Wildman–Crippen LogP) is 3.67. The van der Waals surface area contributed by atoms with Crippen molar-refractivity contribution in [3.63, 3.8) is 0 Å². The lowest BCUT2D eigenvalue weighted by atomic mass is 9.96. The number of benzene rings is 2. The van der Waals surface area contributed by atoms with Gasteiger partial charge in [-0.25, -0.2) is 0 Å². The smallest absolute Gasteiger partial charge is 0.223 e. The van der Waals surface area contributed by atoms with Crippen LogP contribution in [0.2, 0.25) is 0 Å². The molecule has 0 aromatic heterocycles. The van der Waals surface area contributed by atoms with Crippen LogP contribution in [0.15, 0.2) is 42.5 Å². The van der Waals surface area contributed by atoms with Gasteiger partial charge in [0.1, 0.15) is 0 Å². The molecule has 0 heterocycles. The van der Waals surface area contributed by atoms with E-state index < -0.39 is 0 Å². The molecule has 2 rings (SSSR count). The van der Waals surface area contributed by atoms with E-state index in [0.717, 1.165) is 5.56 Å². The molecule has 2 aromatic rings. The van der Waals surface area contributed by atoms with Crippen LogP contribution in [0.4, 0.5) is 0 Å². The predicted molar refractivity (Wildman–Crippen MR) is 95.1 cm³/mol. The molecule has 0 saturated carbocycles. The summed E-state index contributed by atoms with van der Waals surface area (Å²) in [5, 5.41) is 5.42. The van der Waals surface area contributed by atoms with Crippen LogP contribution in [0.1, 0.15) is 32.4 Å². The molecule has 3 nitrogen and oxygen atoms in total. The minimum Gasteiger partial charge on any atom is -0.348 e. The maximum atomic E-state index is 12.2. The third-order valence-electron chi connectivity index (χ3n) is 4.14. The topological polar surface area (TPSA) is 55.1 Å². The average molecular weight is 321 g/mol. The molecule has 0 aliphatic heterocycles. The molecule has 0 saturated heterocycles. The second kappa shape index (κ2) is 8.16. The van der Waals surface area contributed by atoms with Crippen molar-refractivity contribution in [1.29, 1.82) is 0 Å². The second-order valence-corrected chi connectivity index (χ2v) is 5.94. The van der Waals surface area contributed by atoms with Gasteiger partial charge in [-0.05, 0) is 28.3 Å². The first kappa shape index (κ1) is 18.5. The van der Waals surface area contributed by atoms with Gasteiger partial charge < -0.3 is 11.1 Å². The van der Waals surface area contributed by atoms with Crippen molar-refractivity contribution < 1.29 is 4.79 Å². The van der Waals surface area contributed by atoms with Gasteiger partial charge >= 0.3 is 0 Å². The lowest BCUT2D eigenvalue weighted by Crippen LogP contribution is -2.38. The molecule has 2 unspecified atom stereocenters. The van der Waals surface area contributed by atoms with Gasteiger partial charge in [-0.1, -0.05) is 57.2 Å². The van der Waals surface area contributed by atoms with Crippen LogP contribution in [-0.2, 0) is 4.79 Å². The van der Waals surface area contributed by atoms with Crippen molar-refractivity contribution in [2.45, 2.75) is 26.8 Å². The number of hydrogen-bond acceptors (Lipinski definition) is 2. The number of carbonyl (C=O) groups is 1. The Kier molecular flexibility index (Phi) is 6.85. The molecule has 2 atom stereocenters. The summed E-state index contributed by atoms with van der Waals surface area (Å²) in [5.41, 5.74) is 6.91. The van der Waals surface area contributed by atoms with Gasteiger partial charge in [0.05, 0.1) is 6.04 Å². The van der Waals surface area contributed by atoms with Crippen molar-refractivity contribution in [1.82, 2.24) is 5.32 Å². The number of hydrogen-bond donors (Lipinski definition) is 2. The van der Waals surface area contributed by atoms with Crippen molar-refractivity contribution in [3.8, 4) is 0 Å². The molecular formula is C18H25ClN2O. The van der Waals surface area contributed by atoms with Crippen LogP contribution in [0.3, 0.4) is 0 Å². The summed E-state index contributed by atoms with van der Waals surface area (Å²) >= 11 is 0. The Morgan fingerprint density at radius 2 is 1.73 bits per heavy atom. The summed E-state index contributed by atoms with van der Waals surface area (Å²) in [5.74, 6) is 0.369. The fraction of sp³-hybridized carbons (Fsp3) is 0.389. The van der Waals surface area contributed by atoms with Crippen LogP contribution in [-0.4, -0.2) is 12.5 Å². The summed E-state index contributed by atoms with van der Waals surface area (Å²) in [4.78, 5) is 12.2. The van der Waals surface area contributed by atoms with E-state index in [2.05, 4.69) is 43.4 Å². The maximum absolute atomic E-state index is 12.2. The van der Waals surface area contributed by atoms with E-state index in [9.17, 15) is 4.79 Å². The molecule has 0 aliphatic rings. The largest absolute Gasteiger partial charge is 0.348 e. The molecule has 2 aromatic carbocycles. The summed E-state index contributed by atoms with van der Waals surface area (Å²) in [6.07, 6.45) is 0. The van der Waals surface area contributed by atoms with E-state index >= 15 is 0 Å². The van der Waals surface area contributed by atoms with Gasteiger partial charge in [0.25, 0.3) is 0 Å². The van der Waals surface area contributed by atoms with E-state index in [1.165, 1.54) is 10.8 Å². The second-order valence-electron chi connectivity index (χ2n) is 5.94. The van der Waals surface area contributed by atoms with E-state index in [1.807, 2.05) is 25.1 Å². The average Bonchev–Trinajstić information content (AvgIpc) is 2.51. The van der Waals surface area contributed by atoms with Crippen molar-refractivity contribution in [2.24, 2.45) is 17.6 Å². The lowest BCUT2D eigenvalue weighted by molar-refractivity contribution is -0.126. The summed E-state index contributed by atoms with van der Waals surface area (Å²) in [6.45, 7) is 6.46. The number of halogens is 1. The first-order valence-electron chi connectivity index (χ1n) is 7.52. The third kappa shape index (κ3) is 4.21. The van der Waals surface area contributed by atoms with Gasteiger partial charge in [-0.2, -0.15) is 0 Å². The fourth-order valence-corrected chi connectivity index (χ4v) is 2.31. The number of nitrogens with two attached hydrogens (primary N) is 1. The Labute approximate surface area is 138 Å². The number of nitrogens with one attached hydrogen (secondary N) is 1. The molecule has 4 heteroatoms. The quantitative estimate of drug-likeness (QED) is 0.883. The minimum absolute atomic E-state index is 0. The van der Waals surface area contributed by atoms with Gasteiger partial charge in [0.15, 0.2) is 0 Å². The Morgan fingerprint density at radius 3 is 2.32 bits per heavy atom. The standard InChI is InChI=1S/C18H24N2O.ClH/c1-12(2)13(3)18(21)20-17(11-19)16-9-8-14-6-4-5-7-15(14)10-16;/h4-10,12-13,17H,11,19H2,1-3H3,(H,20,21);1H. The fourth-order valence-electron chi connectivity index (χ4n) is 2.31. The highest BCUT2D eigenvalue weighted by Crippen LogP contribution is 2.21. The minimum atomic E-state index is -0.136. The molecule has 0 spiro atoms. The Morgan fingerprint density at radius 1 is 1.09 bits per heavy atom. The normalized spacial score (nSPS) is 13.5. The molecule has 120 valence electrons. The Balaban J connectivity index is 0.00000242. The molecule has 22 heavy (non-hydrogen) atoms. The van der Waals surface area contributed by atoms with Crippen molar-refractivity contribution >= 4 is 29.1 Å². The van der Waals surface area contributed by atoms with Gasteiger partial charge in [-0.15, -0.1) is 12.4 Å². The highest BCUT2D eigenvalue weighted by molar-refractivity contribution is 5.85. The SMILES string of the molecule is CC(C)C(C)C(=O)NC(CN)c1ccc2ccccc2c1.Cl. The van der Waals surface area contributed by atoms with Crippen LogP contribution >= 0.6 is 12.4 Å². The van der Waals surface area contributed by atoms with E-state index in [1.54, 1.807) is 0 Å². The number of carbonyl (C=O) groups excluding carboxylic acids is 1. The first-order valence-corrected chi connectivity index (χ1v) is 7.52. The van der Waals surface area contributed by atoms with E-state index in [-0.39, 0.29) is 30.3 Å². The zero-order valence-electron chi connectivity index (χ0n) is 13.4. The highest BCUT2D eigenvalue weighted by Gasteiger charge is 2.20. The monoisotopic (exact) mass is 320 g/mol. The molecule has 1 amide bonds. The van der Waals surface area contributed by atoms with Crippen molar-refractivity contribution in [2.75, 3.05) is 6.54 Å². The van der Waals surface area contributed by atoms with Gasteiger partial charge in [0.2, 0.25) is 5.91 Å². The third-order valence-corrected chi connectivity index (χ3v) is 4.14. The van der Waals surface area contributed by atoms with Crippen molar-refractivity contribution in [3.05, 3.63) is 48.0 Å². The molecular weight excluding hydrogens is 296 g/mol. The van der Waals surface area contributed by atoms with Crippen LogP contribution in [0.5, 0.6) is 0 Å². The van der Waals surface area contributed by atoms with E-state index in [4.69, 9.17) is 5.73 Å². The van der Waals surface area contributed by atoms with Gasteiger partial charge in [-0.3, -0.25) is 4.79 Å². The summed E-state index contributed by atoms with van der Waals surface area (Å²) in [6, 6.07) is 14.3. The van der Waals surface area contributed by atoms with E-state index in [0.29, 0.717) is 12.5 Å². The lowest BCUT2D eigenvalue weighted by Gasteiger charge is -2.22. The van der Waals surface area contributed by atoms with Crippen LogP contribution in [0, 0.1) is 11.8 Å². The first-order chi connectivity index (χ1) is 10.0. The molecule has 0 bridgehead atoms. The molecule has 3 N–H and O–H groups in total. The number of fused-ring (bicyclic) bond motifs is 1. The Bertz CT molecular complexity index is 627. The Hall–Kier alpha value is -1.58. The van der Waals surface area contributed by atoms with Crippen LogP contribution < -0.4 is 11.1 Å².